The van der Waals surface area contributed by atoms with E-state index < -0.39 is 0 Å². The summed E-state index contributed by atoms with van der Waals surface area (Å²) in [4.78, 5) is 11.3. The van der Waals surface area contributed by atoms with E-state index in [4.69, 9.17) is 0 Å². The third kappa shape index (κ3) is 4.11. The van der Waals surface area contributed by atoms with Crippen molar-refractivity contribution in [2.45, 2.75) is 57.7 Å². The van der Waals surface area contributed by atoms with Crippen LogP contribution in [0.4, 0.5) is 0 Å². The standard InChI is InChI=1S/C11H21BrN2O/c1-10(2)5-8(13-9(15)7-12)6-11(3,4)14-10/h8,14H,5-7H2,1-4H3,(H,13,15). The molecule has 88 valence electrons. The molecule has 3 nitrogen and oxygen atoms in total. The summed E-state index contributed by atoms with van der Waals surface area (Å²) in [5.41, 5.74) is 0.179. The first-order valence-electron chi connectivity index (χ1n) is 5.39. The fraction of sp³-hybridized carbons (Fsp3) is 0.909. The van der Waals surface area contributed by atoms with Crippen LogP contribution in [0, 0.1) is 0 Å². The molecule has 0 spiro atoms. The fourth-order valence-electron chi connectivity index (χ4n) is 2.69. The Morgan fingerprint density at radius 1 is 1.33 bits per heavy atom. The lowest BCUT2D eigenvalue weighted by Crippen LogP contribution is -2.62. The molecule has 0 aliphatic carbocycles. The minimum atomic E-state index is 0.0773. The summed E-state index contributed by atoms with van der Waals surface area (Å²) >= 11 is 3.17. The van der Waals surface area contributed by atoms with Gasteiger partial charge >= 0.3 is 0 Å². The number of rotatable bonds is 2. The molecule has 0 aromatic rings. The molecule has 1 heterocycles. The van der Waals surface area contributed by atoms with Gasteiger partial charge in [0, 0.05) is 17.1 Å². The van der Waals surface area contributed by atoms with Gasteiger partial charge in [-0.3, -0.25) is 4.79 Å². The minimum absolute atomic E-state index is 0.0773. The molecule has 0 atom stereocenters. The first-order valence-corrected chi connectivity index (χ1v) is 6.51. The molecule has 15 heavy (non-hydrogen) atoms. The van der Waals surface area contributed by atoms with Crippen LogP contribution in [0.15, 0.2) is 0 Å². The Kier molecular flexibility index (Phi) is 3.82. The van der Waals surface area contributed by atoms with Gasteiger partial charge in [0.05, 0.1) is 5.33 Å². The van der Waals surface area contributed by atoms with Crippen LogP contribution in [0.3, 0.4) is 0 Å². The van der Waals surface area contributed by atoms with Crippen LogP contribution in [0.2, 0.25) is 0 Å². The third-order valence-corrected chi connectivity index (χ3v) is 3.19. The highest BCUT2D eigenvalue weighted by atomic mass is 79.9. The highest BCUT2D eigenvalue weighted by molar-refractivity contribution is 9.09. The maximum Gasteiger partial charge on any atom is 0.230 e. The zero-order valence-electron chi connectivity index (χ0n) is 9.98. The van der Waals surface area contributed by atoms with Crippen LogP contribution < -0.4 is 10.6 Å². The summed E-state index contributed by atoms with van der Waals surface area (Å²) in [6, 6.07) is 0.279. The van der Waals surface area contributed by atoms with Gasteiger partial charge in [0.15, 0.2) is 0 Å². The SMILES string of the molecule is CC1(C)CC(NC(=O)CBr)CC(C)(C)N1. The Morgan fingerprint density at radius 2 is 1.80 bits per heavy atom. The number of carbonyl (C=O) groups excluding carboxylic acids is 1. The van der Waals surface area contributed by atoms with Gasteiger partial charge in [-0.25, -0.2) is 0 Å². The summed E-state index contributed by atoms with van der Waals surface area (Å²) in [5.74, 6) is 0.0773. The number of nitrogens with one attached hydrogen (secondary N) is 2. The van der Waals surface area contributed by atoms with Crippen LogP contribution in [-0.4, -0.2) is 28.4 Å². The molecule has 0 aromatic carbocycles. The average molecular weight is 277 g/mol. The third-order valence-electron chi connectivity index (χ3n) is 2.68. The molecule has 0 bridgehead atoms. The van der Waals surface area contributed by atoms with Crippen molar-refractivity contribution in [1.82, 2.24) is 10.6 Å². The lowest BCUT2D eigenvalue weighted by Gasteiger charge is -2.46. The Bertz CT molecular complexity index is 235. The number of hydrogen-bond acceptors (Lipinski definition) is 2. The van der Waals surface area contributed by atoms with Crippen molar-refractivity contribution in [1.29, 1.82) is 0 Å². The topological polar surface area (TPSA) is 41.1 Å². The molecule has 0 unspecified atom stereocenters. The van der Waals surface area contributed by atoms with Crippen molar-refractivity contribution in [3.05, 3.63) is 0 Å². The quantitative estimate of drug-likeness (QED) is 0.756. The molecular formula is C11H21BrN2O. The van der Waals surface area contributed by atoms with E-state index in [1.54, 1.807) is 0 Å². The van der Waals surface area contributed by atoms with E-state index in [2.05, 4.69) is 54.3 Å². The van der Waals surface area contributed by atoms with Gasteiger partial charge in [0.25, 0.3) is 0 Å². The molecule has 1 amide bonds. The molecule has 0 radical (unpaired) electrons. The fourth-order valence-corrected chi connectivity index (χ4v) is 2.85. The number of piperidine rings is 1. The molecule has 1 rings (SSSR count). The highest BCUT2D eigenvalue weighted by Gasteiger charge is 2.37. The minimum Gasteiger partial charge on any atom is -0.353 e. The number of amides is 1. The van der Waals surface area contributed by atoms with E-state index in [1.165, 1.54) is 0 Å². The predicted molar refractivity (Wildman–Crippen MR) is 66.3 cm³/mol. The number of hydrogen-bond donors (Lipinski definition) is 2. The summed E-state index contributed by atoms with van der Waals surface area (Å²) in [6.45, 7) is 8.73. The van der Waals surface area contributed by atoms with Gasteiger partial charge in [-0.2, -0.15) is 0 Å². The second kappa shape index (κ2) is 4.42. The van der Waals surface area contributed by atoms with Crippen LogP contribution in [0.1, 0.15) is 40.5 Å². The first-order chi connectivity index (χ1) is 6.74. The molecule has 1 saturated heterocycles. The lowest BCUT2D eigenvalue weighted by atomic mass is 9.79. The predicted octanol–water partition coefficient (Wildman–Crippen LogP) is 1.81. The monoisotopic (exact) mass is 276 g/mol. The van der Waals surface area contributed by atoms with Gasteiger partial charge in [-0.15, -0.1) is 0 Å². The molecule has 0 saturated carbocycles. The maximum absolute atomic E-state index is 11.3. The van der Waals surface area contributed by atoms with Crippen LogP contribution >= 0.6 is 15.9 Å². The zero-order valence-corrected chi connectivity index (χ0v) is 11.6. The molecule has 1 aliphatic heterocycles. The van der Waals surface area contributed by atoms with E-state index >= 15 is 0 Å². The maximum atomic E-state index is 11.3. The molecular weight excluding hydrogens is 256 g/mol. The second-order valence-electron chi connectivity index (χ2n) is 5.70. The van der Waals surface area contributed by atoms with Gasteiger partial charge < -0.3 is 10.6 Å². The summed E-state index contributed by atoms with van der Waals surface area (Å²) in [7, 11) is 0. The lowest BCUT2D eigenvalue weighted by molar-refractivity contribution is -0.119. The van der Waals surface area contributed by atoms with E-state index in [0.29, 0.717) is 5.33 Å². The number of halogens is 1. The molecule has 2 N–H and O–H groups in total. The highest BCUT2D eigenvalue weighted by Crippen LogP contribution is 2.28. The van der Waals surface area contributed by atoms with E-state index in [-0.39, 0.29) is 23.0 Å². The summed E-state index contributed by atoms with van der Waals surface area (Å²) in [6.07, 6.45) is 1.96. The van der Waals surface area contributed by atoms with Crippen LogP contribution in [0.5, 0.6) is 0 Å². The Labute approximate surface area is 101 Å². The zero-order chi connectivity index (χ0) is 11.7. The Morgan fingerprint density at radius 3 is 2.20 bits per heavy atom. The van der Waals surface area contributed by atoms with E-state index in [9.17, 15) is 4.79 Å². The van der Waals surface area contributed by atoms with Crippen molar-refractivity contribution in [3.8, 4) is 0 Å². The largest absolute Gasteiger partial charge is 0.353 e. The van der Waals surface area contributed by atoms with E-state index in [0.717, 1.165) is 12.8 Å². The molecule has 1 fully saturated rings. The van der Waals surface area contributed by atoms with Crippen LogP contribution in [-0.2, 0) is 4.79 Å². The Balaban J connectivity index is 2.63. The van der Waals surface area contributed by atoms with Crippen molar-refractivity contribution >= 4 is 21.8 Å². The summed E-state index contributed by atoms with van der Waals surface area (Å²) < 4.78 is 0. The van der Waals surface area contributed by atoms with Gasteiger partial charge in [-0.05, 0) is 40.5 Å². The normalized spacial score (nSPS) is 24.9. The van der Waals surface area contributed by atoms with Gasteiger partial charge in [0.2, 0.25) is 5.91 Å². The average Bonchev–Trinajstić information content (AvgIpc) is 1.97. The van der Waals surface area contributed by atoms with Crippen LogP contribution in [0.25, 0.3) is 0 Å². The second-order valence-corrected chi connectivity index (χ2v) is 6.26. The van der Waals surface area contributed by atoms with Gasteiger partial charge in [-0.1, -0.05) is 15.9 Å². The molecule has 4 heteroatoms. The van der Waals surface area contributed by atoms with E-state index in [1.807, 2.05) is 0 Å². The van der Waals surface area contributed by atoms with Crippen molar-refractivity contribution < 1.29 is 4.79 Å². The number of carbonyl (C=O) groups is 1. The molecule has 1 aliphatic rings. The van der Waals surface area contributed by atoms with Crippen molar-refractivity contribution in [3.63, 3.8) is 0 Å². The summed E-state index contributed by atoms with van der Waals surface area (Å²) in [5, 5.41) is 7.03. The molecule has 0 aromatic heterocycles. The van der Waals surface area contributed by atoms with Crippen molar-refractivity contribution in [2.24, 2.45) is 0 Å². The van der Waals surface area contributed by atoms with Gasteiger partial charge in [0.1, 0.15) is 0 Å². The Hall–Kier alpha value is -0.0900. The number of alkyl halides is 1. The van der Waals surface area contributed by atoms with Crippen molar-refractivity contribution in [2.75, 3.05) is 5.33 Å². The smallest absolute Gasteiger partial charge is 0.230 e. The first kappa shape index (κ1) is 13.0.